The van der Waals surface area contributed by atoms with Gasteiger partial charge >= 0.3 is 5.97 Å². The molecule has 0 fully saturated rings. The summed E-state index contributed by atoms with van der Waals surface area (Å²) < 4.78 is 1.92. The van der Waals surface area contributed by atoms with Gasteiger partial charge in [0.2, 0.25) is 0 Å². The Morgan fingerprint density at radius 1 is 1.19 bits per heavy atom. The van der Waals surface area contributed by atoms with E-state index >= 15 is 0 Å². The van der Waals surface area contributed by atoms with E-state index < -0.39 is 5.97 Å². The van der Waals surface area contributed by atoms with E-state index in [2.05, 4.69) is 6.58 Å². The first-order chi connectivity index (χ1) is 10.1. The molecule has 2 aromatic rings. The fourth-order valence-corrected chi connectivity index (χ4v) is 2.00. The first kappa shape index (κ1) is 14.6. The van der Waals surface area contributed by atoms with Crippen LogP contribution in [0.15, 0.2) is 61.4 Å². The summed E-state index contributed by atoms with van der Waals surface area (Å²) in [6, 6.07) is 10.8. The van der Waals surface area contributed by atoms with Gasteiger partial charge in [-0.1, -0.05) is 6.08 Å². The fraction of sp³-hybridized carbons (Fsp3) is 0.125. The van der Waals surface area contributed by atoms with Crippen LogP contribution < -0.4 is 0 Å². The number of hydrogen-bond donors (Lipinski definition) is 1. The van der Waals surface area contributed by atoms with Gasteiger partial charge in [0.05, 0.1) is 0 Å². The Hall–Kier alpha value is -2.82. The average molecular weight is 284 g/mol. The zero-order chi connectivity index (χ0) is 15.2. The van der Waals surface area contributed by atoms with Crippen molar-refractivity contribution in [2.24, 2.45) is 0 Å². The second-order valence-electron chi connectivity index (χ2n) is 4.51. The first-order valence-corrected chi connectivity index (χ1v) is 6.47. The Balaban J connectivity index is 2.18. The van der Waals surface area contributed by atoms with Crippen LogP contribution in [0.2, 0.25) is 0 Å². The molecule has 0 radical (unpaired) electrons. The highest BCUT2D eigenvalue weighted by Gasteiger charge is 2.17. The van der Waals surface area contributed by atoms with Crippen LogP contribution in [0, 0.1) is 0 Å². The summed E-state index contributed by atoms with van der Waals surface area (Å²) in [7, 11) is 0. The lowest BCUT2D eigenvalue weighted by atomic mass is 10.1. The van der Waals surface area contributed by atoms with Crippen molar-refractivity contribution in [3.05, 3.63) is 67.0 Å². The Bertz CT molecular complexity index is 630. The van der Waals surface area contributed by atoms with Crippen LogP contribution in [-0.4, -0.2) is 39.5 Å². The Morgan fingerprint density at radius 3 is 2.33 bits per heavy atom. The van der Waals surface area contributed by atoms with E-state index in [0.29, 0.717) is 5.56 Å². The van der Waals surface area contributed by atoms with E-state index in [1.165, 1.54) is 11.0 Å². The maximum absolute atomic E-state index is 12.3. The summed E-state index contributed by atoms with van der Waals surface area (Å²) in [6.07, 6.45) is 5.32. The van der Waals surface area contributed by atoms with Crippen molar-refractivity contribution in [1.82, 2.24) is 9.47 Å². The molecule has 5 nitrogen and oxygen atoms in total. The molecule has 0 saturated heterocycles. The molecule has 0 bridgehead atoms. The third kappa shape index (κ3) is 3.60. The number of carboxylic acids is 1. The standard InChI is InChI=1S/C16H16N2O3/c1-2-9-18(12-15(19)20)16(21)13-5-7-14(8-6-13)17-10-3-4-11-17/h2-8,10-11H,1,9,12H2,(H,19,20). The number of aromatic nitrogens is 1. The molecular weight excluding hydrogens is 268 g/mol. The SMILES string of the molecule is C=CCN(CC(=O)O)C(=O)c1ccc(-n2cccc2)cc1. The normalized spacial score (nSPS) is 10.1. The zero-order valence-electron chi connectivity index (χ0n) is 11.5. The lowest BCUT2D eigenvalue weighted by Gasteiger charge is -2.19. The van der Waals surface area contributed by atoms with Gasteiger partial charge < -0.3 is 14.6 Å². The van der Waals surface area contributed by atoms with Crippen molar-refractivity contribution < 1.29 is 14.7 Å². The fourth-order valence-electron chi connectivity index (χ4n) is 2.00. The van der Waals surface area contributed by atoms with Gasteiger partial charge in [-0.3, -0.25) is 9.59 Å². The van der Waals surface area contributed by atoms with Gasteiger partial charge in [-0.15, -0.1) is 6.58 Å². The van der Waals surface area contributed by atoms with Gasteiger partial charge in [0.15, 0.2) is 0 Å². The number of carbonyl (C=O) groups is 2. The van der Waals surface area contributed by atoms with E-state index in [-0.39, 0.29) is 19.0 Å². The largest absolute Gasteiger partial charge is 0.480 e. The van der Waals surface area contributed by atoms with Crippen LogP contribution in [0.1, 0.15) is 10.4 Å². The van der Waals surface area contributed by atoms with Crippen LogP contribution in [0.3, 0.4) is 0 Å². The van der Waals surface area contributed by atoms with E-state index in [1.807, 2.05) is 41.2 Å². The van der Waals surface area contributed by atoms with Gasteiger partial charge in [0.25, 0.3) is 5.91 Å². The van der Waals surface area contributed by atoms with Crippen molar-refractivity contribution in [1.29, 1.82) is 0 Å². The molecule has 2 rings (SSSR count). The smallest absolute Gasteiger partial charge is 0.323 e. The molecular formula is C16H16N2O3. The second kappa shape index (κ2) is 6.56. The van der Waals surface area contributed by atoms with Gasteiger partial charge in [-0.2, -0.15) is 0 Å². The van der Waals surface area contributed by atoms with Gasteiger partial charge in [-0.25, -0.2) is 0 Å². The Morgan fingerprint density at radius 2 is 1.81 bits per heavy atom. The number of carbonyl (C=O) groups excluding carboxylic acids is 1. The van der Waals surface area contributed by atoms with Gasteiger partial charge in [0.1, 0.15) is 6.54 Å². The van der Waals surface area contributed by atoms with Crippen molar-refractivity contribution >= 4 is 11.9 Å². The van der Waals surface area contributed by atoms with Crippen LogP contribution in [-0.2, 0) is 4.79 Å². The molecule has 108 valence electrons. The van der Waals surface area contributed by atoms with Crippen LogP contribution in [0.4, 0.5) is 0 Å². The highest BCUT2D eigenvalue weighted by Crippen LogP contribution is 2.12. The molecule has 0 aliphatic carbocycles. The maximum Gasteiger partial charge on any atom is 0.323 e. The number of hydrogen-bond acceptors (Lipinski definition) is 2. The summed E-state index contributed by atoms with van der Waals surface area (Å²) in [6.45, 7) is 3.40. The van der Waals surface area contributed by atoms with Crippen molar-refractivity contribution in [2.45, 2.75) is 0 Å². The van der Waals surface area contributed by atoms with E-state index in [9.17, 15) is 9.59 Å². The Kier molecular flexibility index (Phi) is 4.56. The number of carboxylic acid groups (broad SMARTS) is 1. The minimum Gasteiger partial charge on any atom is -0.480 e. The highest BCUT2D eigenvalue weighted by atomic mass is 16.4. The molecule has 0 spiro atoms. The monoisotopic (exact) mass is 284 g/mol. The lowest BCUT2D eigenvalue weighted by molar-refractivity contribution is -0.137. The van der Waals surface area contributed by atoms with E-state index in [4.69, 9.17) is 5.11 Å². The summed E-state index contributed by atoms with van der Waals surface area (Å²) in [5, 5.41) is 8.84. The van der Waals surface area contributed by atoms with Crippen LogP contribution in [0.5, 0.6) is 0 Å². The molecule has 1 aromatic heterocycles. The molecule has 1 aromatic carbocycles. The van der Waals surface area contributed by atoms with E-state index in [0.717, 1.165) is 5.69 Å². The molecule has 1 heterocycles. The summed E-state index contributed by atoms with van der Waals surface area (Å²) in [5.41, 5.74) is 1.39. The molecule has 0 unspecified atom stereocenters. The van der Waals surface area contributed by atoms with Crippen molar-refractivity contribution in [3.8, 4) is 5.69 Å². The number of rotatable bonds is 6. The van der Waals surface area contributed by atoms with Crippen molar-refractivity contribution in [2.75, 3.05) is 13.1 Å². The quantitative estimate of drug-likeness (QED) is 0.827. The summed E-state index contributed by atoms with van der Waals surface area (Å²) in [4.78, 5) is 24.3. The molecule has 0 saturated carbocycles. The van der Waals surface area contributed by atoms with Crippen LogP contribution in [0.25, 0.3) is 5.69 Å². The first-order valence-electron chi connectivity index (χ1n) is 6.47. The Labute approximate surface area is 122 Å². The van der Waals surface area contributed by atoms with Gasteiger partial charge in [0, 0.05) is 30.2 Å². The van der Waals surface area contributed by atoms with Crippen LogP contribution >= 0.6 is 0 Å². The second-order valence-corrected chi connectivity index (χ2v) is 4.51. The number of nitrogens with zero attached hydrogens (tertiary/aromatic N) is 2. The molecule has 1 N–H and O–H groups in total. The minimum atomic E-state index is -1.05. The number of amides is 1. The summed E-state index contributed by atoms with van der Waals surface area (Å²) >= 11 is 0. The van der Waals surface area contributed by atoms with E-state index in [1.54, 1.807) is 12.1 Å². The zero-order valence-corrected chi connectivity index (χ0v) is 11.5. The number of benzene rings is 1. The topological polar surface area (TPSA) is 62.5 Å². The molecule has 0 aliphatic rings. The van der Waals surface area contributed by atoms with Gasteiger partial charge in [-0.05, 0) is 36.4 Å². The third-order valence-corrected chi connectivity index (χ3v) is 2.98. The minimum absolute atomic E-state index is 0.199. The predicted octanol–water partition coefficient (Wildman–Crippen LogP) is 2.19. The maximum atomic E-state index is 12.3. The number of aliphatic carboxylic acids is 1. The average Bonchev–Trinajstić information content (AvgIpc) is 3.00. The predicted molar refractivity (Wildman–Crippen MR) is 79.5 cm³/mol. The summed E-state index contributed by atoms with van der Waals surface area (Å²) in [5.74, 6) is -1.37. The van der Waals surface area contributed by atoms with Crippen molar-refractivity contribution in [3.63, 3.8) is 0 Å². The third-order valence-electron chi connectivity index (χ3n) is 2.98. The molecule has 5 heteroatoms. The molecule has 0 atom stereocenters. The molecule has 1 amide bonds. The lowest BCUT2D eigenvalue weighted by Crippen LogP contribution is -2.35. The highest BCUT2D eigenvalue weighted by molar-refractivity contribution is 5.96. The molecule has 21 heavy (non-hydrogen) atoms. The molecule has 0 aliphatic heterocycles.